The highest BCUT2D eigenvalue weighted by Crippen LogP contribution is 2.22. The Morgan fingerprint density at radius 3 is 1.92 bits per heavy atom. The molecule has 0 radical (unpaired) electrons. The first-order chi connectivity index (χ1) is 12.0. The fourth-order valence-electron chi connectivity index (χ4n) is 2.49. The van der Waals surface area contributed by atoms with Crippen molar-refractivity contribution in [3.05, 3.63) is 105 Å². The van der Waals surface area contributed by atoms with Crippen LogP contribution in [-0.2, 0) is 0 Å². The van der Waals surface area contributed by atoms with E-state index in [2.05, 4.69) is 15.9 Å². The van der Waals surface area contributed by atoms with Crippen LogP contribution in [0.4, 0.5) is 8.78 Å². The van der Waals surface area contributed by atoms with Crippen LogP contribution in [-0.4, -0.2) is 11.5 Å². The van der Waals surface area contributed by atoms with Crippen molar-refractivity contribution in [2.24, 2.45) is 0 Å². The highest BCUT2D eigenvalue weighted by Gasteiger charge is 2.17. The summed E-state index contributed by atoms with van der Waals surface area (Å²) in [7, 11) is 0. The molecule has 0 saturated carbocycles. The first-order valence-electron chi connectivity index (χ1n) is 7.41. The molecule has 0 aliphatic carbocycles. The lowest BCUT2D eigenvalue weighted by Gasteiger charge is -2.09. The molecule has 0 unspecified atom stereocenters. The molecule has 3 aromatic carbocycles. The Bertz CT molecular complexity index is 909. The highest BCUT2D eigenvalue weighted by atomic mass is 79.9. The first-order valence-corrected chi connectivity index (χ1v) is 8.20. The summed E-state index contributed by atoms with van der Waals surface area (Å²) in [6, 6.07) is 16.3. The third-order valence-corrected chi connectivity index (χ3v) is 4.17. The van der Waals surface area contributed by atoms with E-state index in [1.54, 1.807) is 30.3 Å². The zero-order chi connectivity index (χ0) is 18.0. The van der Waals surface area contributed by atoms with Crippen molar-refractivity contribution < 1.29 is 13.6 Å². The maximum Gasteiger partial charge on any atom is 0.196 e. The smallest absolute Gasteiger partial charge is 0.196 e. The summed E-state index contributed by atoms with van der Waals surface area (Å²) in [4.78, 5) is 12.6. The van der Waals surface area contributed by atoms with Gasteiger partial charge in [0.15, 0.2) is 5.78 Å². The maximum absolute atomic E-state index is 13.9. The Kier molecular flexibility index (Phi) is 4.86. The Morgan fingerprint density at radius 1 is 0.800 bits per heavy atom. The maximum atomic E-state index is 13.9. The van der Waals surface area contributed by atoms with Gasteiger partial charge >= 0.3 is 0 Å². The van der Waals surface area contributed by atoms with E-state index in [-0.39, 0.29) is 22.4 Å². The zero-order valence-electron chi connectivity index (χ0n) is 12.9. The fraction of sp³-hybridized carbons (Fsp3) is 0. The van der Waals surface area contributed by atoms with Crippen LogP contribution in [0.15, 0.2) is 71.2 Å². The monoisotopic (exact) mass is 399 g/mol. The Morgan fingerprint density at radius 2 is 1.32 bits per heavy atom. The Balaban J connectivity index is 2.05. The van der Waals surface area contributed by atoms with E-state index in [9.17, 15) is 13.6 Å². The first kappa shape index (κ1) is 17.2. The van der Waals surface area contributed by atoms with E-state index < -0.39 is 17.4 Å². The highest BCUT2D eigenvalue weighted by molar-refractivity contribution is 9.10. The third-order valence-electron chi connectivity index (χ3n) is 3.71. The molecule has 0 bridgehead atoms. The van der Waals surface area contributed by atoms with Crippen LogP contribution in [0, 0.1) is 17.0 Å². The molecular weight excluding hydrogens is 388 g/mol. The molecule has 0 saturated heterocycles. The topological polar surface area (TPSA) is 40.9 Å². The van der Waals surface area contributed by atoms with E-state index >= 15 is 0 Å². The van der Waals surface area contributed by atoms with E-state index in [1.807, 2.05) is 0 Å². The van der Waals surface area contributed by atoms with Gasteiger partial charge in [0.05, 0.1) is 11.3 Å². The molecule has 0 amide bonds. The zero-order valence-corrected chi connectivity index (χ0v) is 14.5. The minimum Gasteiger partial charge on any atom is -0.300 e. The minimum atomic E-state index is -0.613. The second-order valence-electron chi connectivity index (χ2n) is 5.39. The lowest BCUT2D eigenvalue weighted by molar-refractivity contribution is 0.103. The van der Waals surface area contributed by atoms with Crippen LogP contribution >= 0.6 is 15.9 Å². The summed E-state index contributed by atoms with van der Waals surface area (Å²) in [5.74, 6) is -1.63. The Labute approximate surface area is 151 Å². The minimum absolute atomic E-state index is 0.0519. The van der Waals surface area contributed by atoms with Gasteiger partial charge in [-0.2, -0.15) is 0 Å². The molecule has 3 rings (SSSR count). The SMILES string of the molecule is N=C(c1cc(Br)cc(C(=O)c2ccccc2F)c1)c1ccccc1F. The fourth-order valence-corrected chi connectivity index (χ4v) is 2.98. The molecule has 0 spiro atoms. The van der Waals surface area contributed by atoms with Crippen LogP contribution in [0.25, 0.3) is 0 Å². The number of carbonyl (C=O) groups excluding carboxylic acids is 1. The molecule has 124 valence electrons. The van der Waals surface area contributed by atoms with Crippen molar-refractivity contribution in [2.45, 2.75) is 0 Å². The third kappa shape index (κ3) is 3.56. The second kappa shape index (κ2) is 7.07. The van der Waals surface area contributed by atoms with Gasteiger partial charge in [0.1, 0.15) is 11.6 Å². The van der Waals surface area contributed by atoms with Crippen molar-refractivity contribution in [3.63, 3.8) is 0 Å². The van der Waals surface area contributed by atoms with Crippen LogP contribution in [0.2, 0.25) is 0 Å². The number of ketones is 1. The van der Waals surface area contributed by atoms with Crippen LogP contribution < -0.4 is 0 Å². The van der Waals surface area contributed by atoms with E-state index in [1.165, 1.54) is 36.4 Å². The molecule has 25 heavy (non-hydrogen) atoms. The van der Waals surface area contributed by atoms with Gasteiger partial charge in [-0.3, -0.25) is 10.2 Å². The Hall–Kier alpha value is -2.66. The standard InChI is InChI=1S/C20H12BrF2NO/c21-14-10-12(19(24)15-5-1-3-7-17(15)22)9-13(11-14)20(25)16-6-2-4-8-18(16)23/h1-11,24H. The van der Waals surface area contributed by atoms with Gasteiger partial charge in [0, 0.05) is 21.2 Å². The van der Waals surface area contributed by atoms with Gasteiger partial charge in [-0.25, -0.2) is 8.78 Å². The van der Waals surface area contributed by atoms with Gasteiger partial charge in [-0.15, -0.1) is 0 Å². The van der Waals surface area contributed by atoms with E-state index in [0.717, 1.165) is 0 Å². The molecule has 0 heterocycles. The van der Waals surface area contributed by atoms with E-state index in [4.69, 9.17) is 5.41 Å². The lowest BCUT2D eigenvalue weighted by Crippen LogP contribution is -2.08. The van der Waals surface area contributed by atoms with Crippen molar-refractivity contribution in [2.75, 3.05) is 0 Å². The van der Waals surface area contributed by atoms with Crippen molar-refractivity contribution >= 4 is 27.4 Å². The van der Waals surface area contributed by atoms with Crippen molar-refractivity contribution in [1.29, 1.82) is 5.41 Å². The van der Waals surface area contributed by atoms with Crippen LogP contribution in [0.1, 0.15) is 27.0 Å². The van der Waals surface area contributed by atoms with Gasteiger partial charge < -0.3 is 0 Å². The second-order valence-corrected chi connectivity index (χ2v) is 6.31. The molecule has 0 fully saturated rings. The summed E-state index contributed by atoms with van der Waals surface area (Å²) in [6.07, 6.45) is 0. The largest absolute Gasteiger partial charge is 0.300 e. The average molecular weight is 400 g/mol. The lowest BCUT2D eigenvalue weighted by atomic mass is 9.96. The van der Waals surface area contributed by atoms with Crippen molar-refractivity contribution in [3.8, 4) is 0 Å². The molecule has 0 atom stereocenters. The summed E-state index contributed by atoms with van der Waals surface area (Å²) >= 11 is 3.30. The molecule has 0 aliphatic rings. The molecule has 5 heteroatoms. The van der Waals surface area contributed by atoms with Crippen LogP contribution in [0.3, 0.4) is 0 Å². The summed E-state index contributed by atoms with van der Waals surface area (Å²) in [5.41, 5.74) is 0.602. The van der Waals surface area contributed by atoms with Gasteiger partial charge in [-0.1, -0.05) is 40.2 Å². The quantitative estimate of drug-likeness (QED) is 0.464. The number of rotatable bonds is 4. The summed E-state index contributed by atoms with van der Waals surface area (Å²) in [5, 5.41) is 8.25. The molecule has 0 aromatic heterocycles. The predicted molar refractivity (Wildman–Crippen MR) is 96.3 cm³/mol. The van der Waals surface area contributed by atoms with Gasteiger partial charge in [0.25, 0.3) is 0 Å². The molecular formula is C20H12BrF2NO. The normalized spacial score (nSPS) is 10.5. The van der Waals surface area contributed by atoms with Crippen LogP contribution in [0.5, 0.6) is 0 Å². The summed E-state index contributed by atoms with van der Waals surface area (Å²) in [6.45, 7) is 0. The number of hydrogen-bond acceptors (Lipinski definition) is 2. The number of carbonyl (C=O) groups is 1. The van der Waals surface area contributed by atoms with Gasteiger partial charge in [0.2, 0.25) is 0 Å². The van der Waals surface area contributed by atoms with E-state index in [0.29, 0.717) is 10.0 Å². The molecule has 2 nitrogen and oxygen atoms in total. The molecule has 1 N–H and O–H groups in total. The number of benzene rings is 3. The number of hydrogen-bond donors (Lipinski definition) is 1. The number of nitrogens with one attached hydrogen (secondary N) is 1. The predicted octanol–water partition coefficient (Wildman–Crippen LogP) is 5.37. The van der Waals surface area contributed by atoms with Gasteiger partial charge in [-0.05, 0) is 42.5 Å². The van der Waals surface area contributed by atoms with Crippen molar-refractivity contribution in [1.82, 2.24) is 0 Å². The average Bonchev–Trinajstić information content (AvgIpc) is 2.61. The molecule has 3 aromatic rings. The molecule has 0 aliphatic heterocycles. The summed E-state index contributed by atoms with van der Waals surface area (Å²) < 4.78 is 28.4. The number of halogens is 3.